The topological polar surface area (TPSA) is 62.7 Å². The van der Waals surface area contributed by atoms with Gasteiger partial charge in [-0.3, -0.25) is 9.88 Å². The number of aliphatic hydroxyl groups excluding tert-OH is 1. The summed E-state index contributed by atoms with van der Waals surface area (Å²) in [6.07, 6.45) is 0.431. The van der Waals surface area contributed by atoms with Crippen LogP contribution in [0.2, 0.25) is 10.0 Å². The number of aromatic nitrogens is 1. The predicted molar refractivity (Wildman–Crippen MR) is 101 cm³/mol. The Hall–Kier alpha value is -1.40. The molecule has 0 bridgehead atoms. The Balaban J connectivity index is 0.000000511. The lowest BCUT2D eigenvalue weighted by Crippen LogP contribution is -2.08. The van der Waals surface area contributed by atoms with Gasteiger partial charge in [0.2, 0.25) is 0 Å². The number of carbonyl (C=O) groups excluding carboxylic acids is 1. The van der Waals surface area contributed by atoms with Crippen LogP contribution in [-0.2, 0) is 17.9 Å². The molecule has 1 aromatic heterocycles. The summed E-state index contributed by atoms with van der Waals surface area (Å²) in [5.41, 5.74) is 4.51. The van der Waals surface area contributed by atoms with Crippen LogP contribution >= 0.6 is 23.2 Å². The van der Waals surface area contributed by atoms with E-state index in [2.05, 4.69) is 25.8 Å². The molecule has 25 heavy (non-hydrogen) atoms. The van der Waals surface area contributed by atoms with Crippen molar-refractivity contribution >= 4 is 40.4 Å². The Bertz CT molecular complexity index is 794. The van der Waals surface area contributed by atoms with E-state index in [0.29, 0.717) is 28.0 Å². The first-order valence-corrected chi connectivity index (χ1v) is 8.71. The highest BCUT2D eigenvalue weighted by Crippen LogP contribution is 2.42. The number of ether oxygens (including phenoxy) is 1. The average molecular weight is 385 g/mol. The summed E-state index contributed by atoms with van der Waals surface area (Å²) < 4.78 is 5.34. The van der Waals surface area contributed by atoms with Crippen LogP contribution in [-0.4, -0.2) is 42.0 Å². The number of halogens is 2. The molecule has 1 aliphatic rings. The van der Waals surface area contributed by atoms with Crippen LogP contribution in [0.4, 0.5) is 0 Å². The number of pyridine rings is 1. The van der Waals surface area contributed by atoms with Crippen LogP contribution in [0.5, 0.6) is 5.75 Å². The molecule has 1 N–H and O–H groups in total. The molecular formula is C18H22Cl2N2O3. The maximum absolute atomic E-state index is 8.92. The smallest absolute Gasteiger partial charge is 0.145 e. The minimum absolute atomic E-state index is 0.353. The van der Waals surface area contributed by atoms with Crippen molar-refractivity contribution in [3.63, 3.8) is 0 Å². The van der Waals surface area contributed by atoms with Crippen LogP contribution in [0, 0.1) is 0 Å². The van der Waals surface area contributed by atoms with Crippen LogP contribution < -0.4 is 4.74 Å². The Kier molecular flexibility index (Phi) is 6.63. The van der Waals surface area contributed by atoms with Gasteiger partial charge in [-0.15, -0.1) is 0 Å². The second-order valence-electron chi connectivity index (χ2n) is 6.23. The van der Waals surface area contributed by atoms with Crippen molar-refractivity contribution in [3.05, 3.63) is 32.9 Å². The van der Waals surface area contributed by atoms with Crippen molar-refractivity contribution in [2.75, 3.05) is 20.8 Å². The first-order valence-electron chi connectivity index (χ1n) is 7.96. The normalized spacial score (nSPS) is 13.6. The molecule has 0 saturated carbocycles. The van der Waals surface area contributed by atoms with Crippen molar-refractivity contribution in [2.24, 2.45) is 0 Å². The molecule has 2 aromatic rings. The fourth-order valence-corrected chi connectivity index (χ4v) is 3.47. The number of carbonyl (C=O) groups is 1. The summed E-state index contributed by atoms with van der Waals surface area (Å²) in [5, 5.41) is 9.46. The van der Waals surface area contributed by atoms with Gasteiger partial charge >= 0.3 is 0 Å². The molecule has 0 aliphatic carbocycles. The summed E-state index contributed by atoms with van der Waals surface area (Å²) >= 11 is 12.7. The molecular weight excluding hydrogens is 363 g/mol. The fraction of sp³-hybridized carbons (Fsp3) is 0.444. The number of benzene rings is 1. The van der Waals surface area contributed by atoms with Gasteiger partial charge in [0.05, 0.1) is 24.3 Å². The van der Waals surface area contributed by atoms with Crippen LogP contribution in [0.1, 0.15) is 36.6 Å². The molecule has 0 fully saturated rings. The molecule has 136 valence electrons. The Morgan fingerprint density at radius 3 is 2.44 bits per heavy atom. The van der Waals surface area contributed by atoms with Crippen molar-refractivity contribution in [2.45, 2.75) is 32.9 Å². The molecule has 5 nitrogen and oxygen atoms in total. The van der Waals surface area contributed by atoms with Gasteiger partial charge in [0.25, 0.3) is 0 Å². The zero-order valence-corrected chi connectivity index (χ0v) is 16.3. The molecule has 0 amide bonds. The number of rotatable bonds is 3. The average Bonchev–Trinajstić information content (AvgIpc) is 2.98. The van der Waals surface area contributed by atoms with Gasteiger partial charge in [-0.2, -0.15) is 0 Å². The van der Waals surface area contributed by atoms with E-state index >= 15 is 0 Å². The second kappa shape index (κ2) is 8.32. The van der Waals surface area contributed by atoms with E-state index in [1.54, 1.807) is 7.11 Å². The lowest BCUT2D eigenvalue weighted by Gasteiger charge is -2.16. The van der Waals surface area contributed by atoms with Crippen molar-refractivity contribution in [3.8, 4) is 5.75 Å². The van der Waals surface area contributed by atoms with Gasteiger partial charge in [0.15, 0.2) is 0 Å². The van der Waals surface area contributed by atoms with Crippen molar-refractivity contribution in [1.29, 1.82) is 0 Å². The number of aliphatic hydroxyl groups is 1. The highest BCUT2D eigenvalue weighted by Gasteiger charge is 2.26. The Labute approximate surface area is 157 Å². The minimum Gasteiger partial charge on any atom is -0.495 e. The molecule has 0 spiro atoms. The lowest BCUT2D eigenvalue weighted by atomic mass is 9.97. The number of aldehydes is 1. The van der Waals surface area contributed by atoms with E-state index in [0.717, 1.165) is 29.7 Å². The van der Waals surface area contributed by atoms with E-state index in [1.165, 1.54) is 11.1 Å². The molecule has 0 radical (unpaired) electrons. The zero-order valence-electron chi connectivity index (χ0n) is 14.8. The van der Waals surface area contributed by atoms with Gasteiger partial charge in [0, 0.05) is 24.2 Å². The van der Waals surface area contributed by atoms with E-state index < -0.39 is 0 Å². The van der Waals surface area contributed by atoms with Gasteiger partial charge < -0.3 is 14.6 Å². The number of nitrogens with zero attached hydrogens (tertiary/aromatic N) is 2. The summed E-state index contributed by atoms with van der Waals surface area (Å²) in [6, 6.07) is 1.96. The Morgan fingerprint density at radius 2 is 1.92 bits per heavy atom. The third-order valence-electron chi connectivity index (χ3n) is 4.08. The van der Waals surface area contributed by atoms with Gasteiger partial charge in [-0.25, -0.2) is 0 Å². The van der Waals surface area contributed by atoms with Crippen LogP contribution in [0.25, 0.3) is 10.9 Å². The maximum atomic E-state index is 8.92. The largest absolute Gasteiger partial charge is 0.495 e. The highest BCUT2D eigenvalue weighted by atomic mass is 35.5. The minimum atomic E-state index is -0.361. The molecule has 0 unspecified atom stereocenters. The van der Waals surface area contributed by atoms with Crippen LogP contribution in [0.3, 0.4) is 0 Å². The lowest BCUT2D eigenvalue weighted by molar-refractivity contribution is -0.110. The van der Waals surface area contributed by atoms with E-state index in [4.69, 9.17) is 42.8 Å². The van der Waals surface area contributed by atoms with Gasteiger partial charge in [-0.1, -0.05) is 37.0 Å². The zero-order chi connectivity index (χ0) is 18.7. The monoisotopic (exact) mass is 384 g/mol. The molecule has 2 heterocycles. The number of hydrogen-bond acceptors (Lipinski definition) is 5. The quantitative estimate of drug-likeness (QED) is 0.815. The summed E-state index contributed by atoms with van der Waals surface area (Å²) in [4.78, 5) is 16.0. The van der Waals surface area contributed by atoms with Crippen molar-refractivity contribution in [1.82, 2.24) is 9.88 Å². The van der Waals surface area contributed by atoms with E-state index in [-0.39, 0.29) is 6.61 Å². The first-order chi connectivity index (χ1) is 11.8. The Morgan fingerprint density at radius 1 is 1.32 bits per heavy atom. The molecule has 3 rings (SSSR count). The number of fused-ring (bicyclic) bond motifs is 3. The number of methoxy groups -OCH3 is 1. The maximum Gasteiger partial charge on any atom is 0.145 e. The third kappa shape index (κ3) is 3.90. The van der Waals surface area contributed by atoms with Crippen LogP contribution in [0.15, 0.2) is 6.07 Å². The second-order valence-corrected chi connectivity index (χ2v) is 6.99. The first kappa shape index (κ1) is 19.9. The molecule has 7 heteroatoms. The van der Waals surface area contributed by atoms with E-state index in [9.17, 15) is 0 Å². The van der Waals surface area contributed by atoms with Gasteiger partial charge in [0.1, 0.15) is 17.1 Å². The highest BCUT2D eigenvalue weighted by molar-refractivity contribution is 6.46. The summed E-state index contributed by atoms with van der Waals surface area (Å²) in [7, 11) is 3.72. The third-order valence-corrected chi connectivity index (χ3v) is 4.92. The fourth-order valence-electron chi connectivity index (χ4n) is 3.02. The summed E-state index contributed by atoms with van der Waals surface area (Å²) in [5.74, 6) is 0.955. The molecule has 1 aromatic carbocycles. The van der Waals surface area contributed by atoms with Gasteiger partial charge in [-0.05, 0) is 30.2 Å². The SMILES string of the molecule is COc1cc2c3c(c(C(C)C)nc2c(Cl)c1Cl)CN(C)C3.O=CCO. The molecule has 0 atom stereocenters. The standard InChI is InChI=1S/C16H18Cl2N2O.C2H4O2/c1-8(2)15-11-7-20(3)6-10(11)9-5-12(21-4)13(17)14(18)16(9)19-15;3-1-2-4/h5,8H,6-7H2,1-4H3;1,4H,2H2. The predicted octanol–water partition coefficient (Wildman–Crippen LogP) is 3.80. The molecule has 0 saturated heterocycles. The summed E-state index contributed by atoms with van der Waals surface area (Å²) in [6.45, 7) is 5.78. The van der Waals surface area contributed by atoms with Crippen molar-refractivity contribution < 1.29 is 14.6 Å². The van der Waals surface area contributed by atoms with E-state index in [1.807, 2.05) is 6.07 Å². The number of hydrogen-bond donors (Lipinski definition) is 1. The molecule has 1 aliphatic heterocycles.